The average Bonchev–Trinajstić information content (AvgIpc) is 4.07. The Hall–Kier alpha value is -4.95. The third-order valence-corrected chi connectivity index (χ3v) is 11.1. The van der Waals surface area contributed by atoms with Crippen LogP contribution in [0.1, 0.15) is 158 Å². The Morgan fingerprint density at radius 3 is 1.59 bits per heavy atom. The quantitative estimate of drug-likeness (QED) is 0.122. The summed E-state index contributed by atoms with van der Waals surface area (Å²) in [5.41, 5.74) is 2.09. The average molecular weight is 923 g/mol. The van der Waals surface area contributed by atoms with Crippen molar-refractivity contribution in [1.29, 1.82) is 0 Å². The van der Waals surface area contributed by atoms with Crippen LogP contribution >= 0.6 is 0 Å². The number of oxazole rings is 1. The molecule has 15 heteroatoms. The first-order valence-electron chi connectivity index (χ1n) is 23.6. The van der Waals surface area contributed by atoms with E-state index in [4.69, 9.17) is 27.8 Å². The predicted molar refractivity (Wildman–Crippen MR) is 248 cm³/mol. The van der Waals surface area contributed by atoms with E-state index in [0.717, 1.165) is 29.4 Å². The lowest BCUT2D eigenvalue weighted by molar-refractivity contribution is 0.206. The molecule has 0 amide bonds. The zero-order chi connectivity index (χ0) is 48.2. The lowest BCUT2D eigenvalue weighted by Crippen LogP contribution is -2.17. The van der Waals surface area contributed by atoms with Crippen molar-refractivity contribution in [1.82, 2.24) is 29.7 Å². The number of aromatic nitrogens is 6. The van der Waals surface area contributed by atoms with E-state index in [1.807, 2.05) is 87.8 Å². The summed E-state index contributed by atoms with van der Waals surface area (Å²) in [6.07, 6.45) is 13.5. The van der Waals surface area contributed by atoms with Crippen molar-refractivity contribution >= 4 is 0 Å². The minimum Gasteiger partial charge on any atom is -0.477 e. The summed E-state index contributed by atoms with van der Waals surface area (Å²) in [5, 5.41) is 4.21. The van der Waals surface area contributed by atoms with Crippen molar-refractivity contribution in [3.63, 3.8) is 0 Å². The van der Waals surface area contributed by atoms with Crippen molar-refractivity contribution in [2.45, 2.75) is 156 Å². The van der Waals surface area contributed by atoms with E-state index in [9.17, 15) is 13.2 Å². The second-order valence-corrected chi connectivity index (χ2v) is 22.5. The van der Waals surface area contributed by atoms with Crippen LogP contribution in [-0.4, -0.2) is 56.1 Å². The molecule has 9 rings (SSSR count). The fourth-order valence-electron chi connectivity index (χ4n) is 5.90. The topological polar surface area (TPSA) is 135 Å². The van der Waals surface area contributed by atoms with Gasteiger partial charge < -0.3 is 32.8 Å². The fraction of sp³-hybridized carbons (Fsp3) is 0.647. The first kappa shape index (κ1) is 50.5. The molecule has 4 aliphatic carbocycles. The van der Waals surface area contributed by atoms with Crippen molar-refractivity contribution < 1.29 is 41.0 Å². The molecule has 4 aliphatic rings. The summed E-state index contributed by atoms with van der Waals surface area (Å²) in [7, 11) is 1.90. The van der Waals surface area contributed by atoms with Gasteiger partial charge in [-0.1, -0.05) is 83.1 Å². The molecule has 0 spiro atoms. The smallest absolute Gasteiger partial charge is 0.343 e. The van der Waals surface area contributed by atoms with Crippen molar-refractivity contribution in [3.8, 4) is 34.9 Å². The maximum Gasteiger partial charge on any atom is 0.343 e. The van der Waals surface area contributed by atoms with Crippen molar-refractivity contribution in [2.75, 3.05) is 26.4 Å². The zero-order valence-electron chi connectivity index (χ0n) is 41.5. The lowest BCUT2D eigenvalue weighted by atomic mass is 9.93. The molecular formula is C51H73F3N6O6. The number of nitrogens with zero attached hydrogens (tertiary/aromatic N) is 5. The molecule has 0 atom stereocenters. The summed E-state index contributed by atoms with van der Waals surface area (Å²) >= 11 is 0. The highest BCUT2D eigenvalue weighted by Crippen LogP contribution is 2.36. The van der Waals surface area contributed by atoms with E-state index >= 15 is 0 Å². The number of nitrogens with one attached hydrogen (secondary N) is 1. The second kappa shape index (κ2) is 20.5. The summed E-state index contributed by atoms with van der Waals surface area (Å²) in [5.74, 6) is 3.99. The maximum absolute atomic E-state index is 13.5. The van der Waals surface area contributed by atoms with Crippen LogP contribution in [0.25, 0.3) is 11.3 Å². The van der Waals surface area contributed by atoms with Crippen LogP contribution in [0, 0.1) is 41.3 Å². The van der Waals surface area contributed by atoms with E-state index in [1.165, 1.54) is 63.5 Å². The third-order valence-electron chi connectivity index (χ3n) is 11.1. The molecule has 5 aromatic rings. The van der Waals surface area contributed by atoms with Crippen LogP contribution in [0.2, 0.25) is 0 Å². The largest absolute Gasteiger partial charge is 0.477 e. The van der Waals surface area contributed by atoms with Crippen LogP contribution in [0.5, 0.6) is 23.7 Å². The van der Waals surface area contributed by atoms with Gasteiger partial charge in [-0.25, -0.2) is 9.37 Å². The normalized spacial score (nSPS) is 16.3. The number of aryl methyl sites for hydroxylation is 1. The van der Waals surface area contributed by atoms with Crippen LogP contribution in [0.15, 0.2) is 39.4 Å². The Morgan fingerprint density at radius 1 is 0.606 bits per heavy atom. The van der Waals surface area contributed by atoms with Crippen LogP contribution in [0.3, 0.4) is 0 Å². The van der Waals surface area contributed by atoms with E-state index in [2.05, 4.69) is 45.8 Å². The van der Waals surface area contributed by atoms with Gasteiger partial charge in [0.2, 0.25) is 23.5 Å². The number of aromatic amines is 1. The van der Waals surface area contributed by atoms with Gasteiger partial charge in [0.05, 0.1) is 38.3 Å². The number of furan rings is 1. The molecule has 5 aromatic heterocycles. The Kier molecular flexibility index (Phi) is 15.7. The SMILES string of the molecule is CC(C)(C)c1cc(F)c(OCC2CC2)[nH]1.CC(C)(C)c1cc(F)c(OCC2CC2)o1.CC(C)(C)c1nc(F)c(OCC2CC2)o1.Cn1cc(-c2cc(OCC3CC3)nc(C(C)(C)C)n2)cn1. The molecule has 4 saturated carbocycles. The Morgan fingerprint density at radius 2 is 1.15 bits per heavy atom. The van der Waals surface area contributed by atoms with Gasteiger partial charge in [-0.2, -0.15) is 23.8 Å². The highest BCUT2D eigenvalue weighted by Gasteiger charge is 2.30. The molecule has 1 N–H and O–H groups in total. The molecule has 0 radical (unpaired) electrons. The number of rotatable bonds is 13. The zero-order valence-corrected chi connectivity index (χ0v) is 41.5. The van der Waals surface area contributed by atoms with Crippen molar-refractivity contribution in [2.24, 2.45) is 30.7 Å². The molecular weight excluding hydrogens is 850 g/mol. The monoisotopic (exact) mass is 923 g/mol. The fourth-order valence-corrected chi connectivity index (χ4v) is 5.90. The van der Waals surface area contributed by atoms with E-state index in [1.54, 1.807) is 4.68 Å². The van der Waals surface area contributed by atoms with Gasteiger partial charge >= 0.3 is 11.9 Å². The molecule has 0 aliphatic heterocycles. The number of H-pyrrole nitrogens is 1. The summed E-state index contributed by atoms with van der Waals surface area (Å²) in [6.45, 7) is 26.7. The van der Waals surface area contributed by atoms with Gasteiger partial charge in [-0.05, 0) is 81.1 Å². The number of hydrogen-bond acceptors (Lipinski definition) is 10. The minimum atomic E-state index is -0.638. The number of hydrogen-bond donors (Lipinski definition) is 1. The van der Waals surface area contributed by atoms with Crippen LogP contribution in [-0.2, 0) is 28.7 Å². The first-order chi connectivity index (χ1) is 30.8. The summed E-state index contributed by atoms with van der Waals surface area (Å²) < 4.78 is 74.3. The standard InChI is InChI=1S/C16H22N4O.C12H18FNO.C12H17FO2.C11H16FNO2/c1-16(2,3)15-18-13(12-8-17-20(4)9-12)7-14(19-15)21-10-11-5-6-11;1-12(2,3)10-6-9(13)11(14-10)15-7-8-4-5-8;1-12(2,3)10-6-9(13)11(15-10)14-7-8-4-5-8;1-11(2,3)10-13-8(12)9(15-10)14-6-7-4-5-7/h7-9,11H,5-6,10H2,1-4H3;6,8,14H,4-5,7H2,1-3H3;6,8H,4-5,7H2,1-3H3;7H,4-6H2,1-3H3. The molecule has 0 unspecified atom stereocenters. The number of ether oxygens (including phenoxy) is 4. The second-order valence-electron chi connectivity index (χ2n) is 22.5. The van der Waals surface area contributed by atoms with E-state index < -0.39 is 5.95 Å². The van der Waals surface area contributed by atoms with Crippen LogP contribution in [0.4, 0.5) is 13.2 Å². The van der Waals surface area contributed by atoms with E-state index in [0.29, 0.717) is 66.9 Å². The number of halogens is 3. The Balaban J connectivity index is 0.000000147. The van der Waals surface area contributed by atoms with Crippen LogP contribution < -0.4 is 18.9 Å². The molecule has 0 bridgehead atoms. The Labute approximate surface area is 389 Å². The highest BCUT2D eigenvalue weighted by atomic mass is 19.1. The van der Waals surface area contributed by atoms with Gasteiger partial charge in [0.25, 0.3) is 5.95 Å². The Bertz CT molecular complexity index is 2160. The van der Waals surface area contributed by atoms with Crippen molar-refractivity contribution in [3.05, 3.63) is 71.3 Å². The lowest BCUT2D eigenvalue weighted by Gasteiger charge is -2.18. The van der Waals surface area contributed by atoms with Gasteiger partial charge in [-0.15, -0.1) is 0 Å². The predicted octanol–water partition coefficient (Wildman–Crippen LogP) is 12.6. The third kappa shape index (κ3) is 15.8. The molecule has 0 aromatic carbocycles. The van der Waals surface area contributed by atoms with E-state index in [-0.39, 0.29) is 45.2 Å². The van der Waals surface area contributed by atoms with Gasteiger partial charge in [0.15, 0.2) is 5.82 Å². The summed E-state index contributed by atoms with van der Waals surface area (Å²) in [6, 6.07) is 4.86. The molecule has 5 heterocycles. The van der Waals surface area contributed by atoms with Gasteiger partial charge in [0, 0.05) is 58.3 Å². The molecule has 12 nitrogen and oxygen atoms in total. The molecule has 66 heavy (non-hydrogen) atoms. The molecule has 4 fully saturated rings. The molecule has 0 saturated heterocycles. The first-order valence-corrected chi connectivity index (χ1v) is 23.6. The van der Waals surface area contributed by atoms with Gasteiger partial charge in [0.1, 0.15) is 11.6 Å². The maximum atomic E-state index is 13.5. The summed E-state index contributed by atoms with van der Waals surface area (Å²) in [4.78, 5) is 16.0. The highest BCUT2D eigenvalue weighted by molar-refractivity contribution is 5.58. The molecule has 364 valence electrons. The minimum absolute atomic E-state index is 0.0480. The van der Waals surface area contributed by atoms with Gasteiger partial charge in [-0.3, -0.25) is 4.68 Å².